The van der Waals surface area contributed by atoms with Crippen LogP contribution in [0.15, 0.2) is 0 Å². The van der Waals surface area contributed by atoms with Crippen molar-refractivity contribution in [2.24, 2.45) is 11.8 Å². The normalized spacial score (nSPS) is 31.1. The summed E-state index contributed by atoms with van der Waals surface area (Å²) in [4.78, 5) is 4.61. The molecule has 4 nitrogen and oxygen atoms in total. The molecule has 1 aliphatic rings. The zero-order chi connectivity index (χ0) is 8.43. The summed E-state index contributed by atoms with van der Waals surface area (Å²) in [7, 11) is 0. The molecule has 1 fully saturated rings. The van der Waals surface area contributed by atoms with Gasteiger partial charge in [-0.1, -0.05) is 13.8 Å². The Morgan fingerprint density at radius 2 is 1.91 bits per heavy atom. The first-order valence-corrected chi connectivity index (χ1v) is 3.94. The predicted octanol–water partition coefficient (Wildman–Crippen LogP) is 1.43. The Labute approximate surface area is 66.2 Å². The van der Waals surface area contributed by atoms with E-state index in [9.17, 15) is 0 Å². The Bertz CT molecular complexity index is 121. The Balaban J connectivity index is 2.09. The highest BCUT2D eigenvalue weighted by Gasteiger charge is 2.33. The van der Waals surface area contributed by atoms with Crippen molar-refractivity contribution >= 4 is 0 Å². The Morgan fingerprint density at radius 1 is 1.36 bits per heavy atom. The van der Waals surface area contributed by atoms with Gasteiger partial charge >= 0.3 is 0 Å². The van der Waals surface area contributed by atoms with Crippen molar-refractivity contribution in [1.82, 2.24) is 5.39 Å². The van der Waals surface area contributed by atoms with Gasteiger partial charge in [0.25, 0.3) is 0 Å². The molecular weight excluding hydrogens is 146 g/mol. The molecule has 11 heavy (non-hydrogen) atoms. The predicted molar refractivity (Wildman–Crippen MR) is 37.8 cm³/mol. The summed E-state index contributed by atoms with van der Waals surface area (Å²) in [6, 6.07) is 0. The van der Waals surface area contributed by atoms with Crippen LogP contribution >= 0.6 is 0 Å². The molecule has 1 aliphatic carbocycles. The summed E-state index contributed by atoms with van der Waals surface area (Å²) in [6.45, 7) is 4.33. The second-order valence-corrected chi connectivity index (χ2v) is 3.46. The van der Waals surface area contributed by atoms with E-state index in [4.69, 9.17) is 10.4 Å². The van der Waals surface area contributed by atoms with Gasteiger partial charge in [-0.25, -0.2) is 4.84 Å². The number of hydrogen-bond donors (Lipinski definition) is 2. The van der Waals surface area contributed by atoms with E-state index in [0.29, 0.717) is 11.8 Å². The van der Waals surface area contributed by atoms with Crippen LogP contribution in [-0.4, -0.2) is 21.9 Å². The van der Waals surface area contributed by atoms with Crippen molar-refractivity contribution in [2.45, 2.75) is 32.8 Å². The lowest BCUT2D eigenvalue weighted by Gasteiger charge is -2.37. The first-order valence-electron chi connectivity index (χ1n) is 3.94. The standard InChI is InChI=1S/C7H15NO3/c1-5(2)6-3-7(4-6)11-8(9)10/h5-7,9-10H,3-4H2,1-2H3/t6-,7-. The van der Waals surface area contributed by atoms with Gasteiger partial charge in [0.2, 0.25) is 0 Å². The maximum atomic E-state index is 8.28. The van der Waals surface area contributed by atoms with Crippen molar-refractivity contribution in [3.63, 3.8) is 0 Å². The van der Waals surface area contributed by atoms with E-state index in [-0.39, 0.29) is 11.5 Å². The average molecular weight is 161 g/mol. The van der Waals surface area contributed by atoms with Crippen molar-refractivity contribution in [3.8, 4) is 0 Å². The molecule has 0 aromatic rings. The molecule has 66 valence electrons. The highest BCUT2D eigenvalue weighted by molar-refractivity contribution is 4.81. The van der Waals surface area contributed by atoms with Gasteiger partial charge in [-0.2, -0.15) is 0 Å². The van der Waals surface area contributed by atoms with Crippen LogP contribution in [0.25, 0.3) is 0 Å². The fourth-order valence-electron chi connectivity index (χ4n) is 1.37. The topological polar surface area (TPSA) is 52.9 Å². The van der Waals surface area contributed by atoms with E-state index in [2.05, 4.69) is 18.7 Å². The monoisotopic (exact) mass is 161 g/mol. The lowest BCUT2D eigenvalue weighted by Crippen LogP contribution is -2.37. The fourth-order valence-corrected chi connectivity index (χ4v) is 1.37. The summed E-state index contributed by atoms with van der Waals surface area (Å²) in [5.74, 6) is 1.35. The van der Waals surface area contributed by atoms with Gasteiger partial charge < -0.3 is 0 Å². The lowest BCUT2D eigenvalue weighted by atomic mass is 9.75. The molecule has 0 radical (unpaired) electrons. The molecule has 0 saturated heterocycles. The maximum absolute atomic E-state index is 8.28. The molecule has 1 saturated carbocycles. The van der Waals surface area contributed by atoms with Gasteiger partial charge in [-0.3, -0.25) is 10.4 Å². The fraction of sp³-hybridized carbons (Fsp3) is 1.00. The van der Waals surface area contributed by atoms with Crippen LogP contribution in [0.2, 0.25) is 0 Å². The molecule has 0 spiro atoms. The van der Waals surface area contributed by atoms with Crippen molar-refractivity contribution in [3.05, 3.63) is 0 Å². The molecule has 0 unspecified atom stereocenters. The third kappa shape index (κ3) is 2.41. The van der Waals surface area contributed by atoms with E-state index in [1.54, 1.807) is 0 Å². The molecule has 0 heterocycles. The maximum Gasteiger partial charge on any atom is 0.0849 e. The van der Waals surface area contributed by atoms with E-state index in [0.717, 1.165) is 12.8 Å². The highest BCUT2D eigenvalue weighted by atomic mass is 17.1. The average Bonchev–Trinajstić information content (AvgIpc) is 1.75. The summed E-state index contributed by atoms with van der Waals surface area (Å²) in [6.07, 6.45) is 1.85. The van der Waals surface area contributed by atoms with Gasteiger partial charge in [0, 0.05) is 0 Å². The van der Waals surface area contributed by atoms with E-state index < -0.39 is 0 Å². The first kappa shape index (κ1) is 8.93. The molecule has 0 atom stereocenters. The molecular formula is C7H15NO3. The van der Waals surface area contributed by atoms with E-state index >= 15 is 0 Å². The molecule has 0 amide bonds. The van der Waals surface area contributed by atoms with Crippen molar-refractivity contribution < 1.29 is 15.3 Å². The minimum atomic E-state index is -0.193. The quantitative estimate of drug-likeness (QED) is 0.615. The molecule has 0 aliphatic heterocycles. The third-order valence-electron chi connectivity index (χ3n) is 2.32. The lowest BCUT2D eigenvalue weighted by molar-refractivity contribution is -0.511. The first-order chi connectivity index (χ1) is 5.09. The van der Waals surface area contributed by atoms with Gasteiger partial charge in [-0.15, -0.1) is 0 Å². The molecule has 0 aromatic heterocycles. The van der Waals surface area contributed by atoms with Crippen LogP contribution in [0.3, 0.4) is 0 Å². The highest BCUT2D eigenvalue weighted by Crippen LogP contribution is 2.35. The second kappa shape index (κ2) is 3.49. The number of rotatable bonds is 3. The van der Waals surface area contributed by atoms with Crippen molar-refractivity contribution in [2.75, 3.05) is 0 Å². The Kier molecular flexibility index (Phi) is 2.84. The summed E-state index contributed by atoms with van der Waals surface area (Å²) in [5, 5.41) is 16.4. The zero-order valence-electron chi connectivity index (χ0n) is 6.90. The van der Waals surface area contributed by atoms with Crippen LogP contribution in [-0.2, 0) is 4.84 Å². The van der Waals surface area contributed by atoms with Crippen LogP contribution in [0.1, 0.15) is 26.7 Å². The smallest absolute Gasteiger partial charge is 0.0849 e. The van der Waals surface area contributed by atoms with Crippen LogP contribution in [0, 0.1) is 11.8 Å². The summed E-state index contributed by atoms with van der Waals surface area (Å²) < 4.78 is 0. The van der Waals surface area contributed by atoms with E-state index in [1.807, 2.05) is 0 Å². The largest absolute Gasteiger partial charge is 0.266 e. The third-order valence-corrected chi connectivity index (χ3v) is 2.32. The van der Waals surface area contributed by atoms with Gasteiger partial charge in [0.1, 0.15) is 0 Å². The molecule has 1 rings (SSSR count). The molecule has 2 N–H and O–H groups in total. The summed E-state index contributed by atoms with van der Waals surface area (Å²) >= 11 is 0. The number of nitrogens with zero attached hydrogens (tertiary/aromatic N) is 1. The van der Waals surface area contributed by atoms with E-state index in [1.165, 1.54) is 0 Å². The molecule has 4 heteroatoms. The van der Waals surface area contributed by atoms with Gasteiger partial charge in [0.05, 0.1) is 11.5 Å². The minimum absolute atomic E-state index is 0.00241. The van der Waals surface area contributed by atoms with Crippen LogP contribution in [0.4, 0.5) is 0 Å². The summed E-state index contributed by atoms with van der Waals surface area (Å²) in [5.41, 5.74) is 0. The Morgan fingerprint density at radius 3 is 2.27 bits per heavy atom. The SMILES string of the molecule is CC(C)[C@H]1C[C@H](ON(O)O)C1. The Hall–Kier alpha value is -0.160. The molecule has 0 bridgehead atoms. The number of hydrogen-bond acceptors (Lipinski definition) is 4. The van der Waals surface area contributed by atoms with Crippen LogP contribution in [0.5, 0.6) is 0 Å². The second-order valence-electron chi connectivity index (χ2n) is 3.46. The molecule has 0 aromatic carbocycles. The van der Waals surface area contributed by atoms with Crippen molar-refractivity contribution in [1.29, 1.82) is 0 Å². The van der Waals surface area contributed by atoms with Crippen LogP contribution < -0.4 is 0 Å². The minimum Gasteiger partial charge on any atom is -0.266 e. The van der Waals surface area contributed by atoms with Gasteiger partial charge in [0.15, 0.2) is 0 Å². The zero-order valence-corrected chi connectivity index (χ0v) is 6.90. The van der Waals surface area contributed by atoms with Gasteiger partial charge in [-0.05, 0) is 24.7 Å².